The first-order valence-electron chi connectivity index (χ1n) is 10.1. The monoisotopic (exact) mass is 462 g/mol. The second kappa shape index (κ2) is 9.37. The second-order valence-electron chi connectivity index (χ2n) is 8.37. The molecular weight excluding hydrogens is 435 g/mol. The SMILES string of the molecule is COc1cc(C(=O)Nc2cccc(B3OC(C)(C)C(C)(C)O3)c2Cl)ncc1C(OC)OC. The number of carbonyl (C=O) groups is 1. The first-order valence-corrected chi connectivity index (χ1v) is 10.5. The van der Waals surface area contributed by atoms with Crippen LogP contribution in [0.4, 0.5) is 5.69 Å². The number of halogens is 1. The molecule has 1 aromatic heterocycles. The number of amides is 1. The van der Waals surface area contributed by atoms with Crippen molar-refractivity contribution in [2.75, 3.05) is 26.6 Å². The molecular formula is C22H28BClN2O6. The van der Waals surface area contributed by atoms with Crippen molar-refractivity contribution in [2.24, 2.45) is 0 Å². The number of methoxy groups -OCH3 is 3. The first kappa shape index (κ1) is 24.5. The van der Waals surface area contributed by atoms with Crippen LogP contribution in [0.1, 0.15) is 50.0 Å². The smallest absolute Gasteiger partial charge is 0.496 e. The number of aromatic nitrogens is 1. The molecule has 0 bridgehead atoms. The highest BCUT2D eigenvalue weighted by atomic mass is 35.5. The summed E-state index contributed by atoms with van der Waals surface area (Å²) in [5, 5.41) is 3.13. The lowest BCUT2D eigenvalue weighted by atomic mass is 9.79. The maximum Gasteiger partial charge on any atom is 0.496 e. The van der Waals surface area contributed by atoms with E-state index in [1.165, 1.54) is 33.6 Å². The molecule has 8 nitrogen and oxygen atoms in total. The third kappa shape index (κ3) is 4.62. The van der Waals surface area contributed by atoms with Gasteiger partial charge in [0.2, 0.25) is 0 Å². The van der Waals surface area contributed by atoms with E-state index < -0.39 is 30.5 Å². The lowest BCUT2D eigenvalue weighted by Gasteiger charge is -2.32. The largest absolute Gasteiger partial charge is 0.496 e. The Kier molecular flexibility index (Phi) is 7.17. The molecule has 1 saturated heterocycles. The molecule has 3 rings (SSSR count). The minimum absolute atomic E-state index is 0.147. The molecule has 1 amide bonds. The summed E-state index contributed by atoms with van der Waals surface area (Å²) in [5.41, 5.74) is 0.742. The van der Waals surface area contributed by atoms with E-state index in [9.17, 15) is 4.79 Å². The van der Waals surface area contributed by atoms with Crippen LogP contribution in [0.2, 0.25) is 5.02 Å². The Morgan fingerprint density at radius 3 is 2.31 bits per heavy atom. The quantitative estimate of drug-likeness (QED) is 0.497. The summed E-state index contributed by atoms with van der Waals surface area (Å²) in [7, 11) is 3.85. The number of anilines is 1. The van der Waals surface area contributed by atoms with Gasteiger partial charge in [0.25, 0.3) is 5.91 Å². The number of hydrogen-bond acceptors (Lipinski definition) is 7. The number of hydrogen-bond donors (Lipinski definition) is 1. The second-order valence-corrected chi connectivity index (χ2v) is 8.74. The number of pyridine rings is 1. The van der Waals surface area contributed by atoms with E-state index in [1.807, 2.05) is 33.8 Å². The Morgan fingerprint density at radius 2 is 1.75 bits per heavy atom. The fourth-order valence-corrected chi connectivity index (χ4v) is 3.52. The molecule has 0 atom stereocenters. The molecule has 0 saturated carbocycles. The van der Waals surface area contributed by atoms with Crippen LogP contribution in [0.3, 0.4) is 0 Å². The standard InChI is InChI=1S/C22H28BClN2O6/c1-21(2)22(3,4)32-23(31-21)14-9-8-10-15(18(14)24)26-19(27)16-11-17(28-5)13(12-25-16)20(29-6)30-7/h8-12,20H,1-7H3,(H,26,27). The number of nitrogens with zero attached hydrogens (tertiary/aromatic N) is 1. The molecule has 1 N–H and O–H groups in total. The summed E-state index contributed by atoms with van der Waals surface area (Å²) < 4.78 is 28.1. The predicted molar refractivity (Wildman–Crippen MR) is 123 cm³/mol. The third-order valence-electron chi connectivity index (χ3n) is 5.81. The maximum atomic E-state index is 12.9. The maximum absolute atomic E-state index is 12.9. The normalized spacial score (nSPS) is 17.0. The van der Waals surface area contributed by atoms with Gasteiger partial charge >= 0.3 is 7.12 Å². The molecule has 0 aliphatic carbocycles. The summed E-state index contributed by atoms with van der Waals surface area (Å²) >= 11 is 6.62. The van der Waals surface area contributed by atoms with Crippen molar-refractivity contribution >= 4 is 35.8 Å². The van der Waals surface area contributed by atoms with Gasteiger partial charge in [0, 0.05) is 31.9 Å². The average molecular weight is 463 g/mol. The molecule has 32 heavy (non-hydrogen) atoms. The molecule has 1 fully saturated rings. The number of rotatable bonds is 7. The van der Waals surface area contributed by atoms with E-state index in [1.54, 1.807) is 12.1 Å². The fraction of sp³-hybridized carbons (Fsp3) is 0.455. The van der Waals surface area contributed by atoms with E-state index in [0.29, 0.717) is 27.5 Å². The van der Waals surface area contributed by atoms with Crippen molar-refractivity contribution < 1.29 is 28.3 Å². The van der Waals surface area contributed by atoms with Crippen LogP contribution in [0.5, 0.6) is 5.75 Å². The van der Waals surface area contributed by atoms with Gasteiger partial charge in [-0.05, 0) is 33.8 Å². The van der Waals surface area contributed by atoms with Crippen molar-refractivity contribution in [1.82, 2.24) is 4.98 Å². The van der Waals surface area contributed by atoms with Crippen molar-refractivity contribution in [3.8, 4) is 5.75 Å². The van der Waals surface area contributed by atoms with Crippen LogP contribution in [-0.4, -0.2) is 50.5 Å². The molecule has 172 valence electrons. The van der Waals surface area contributed by atoms with Crippen LogP contribution in [0.15, 0.2) is 30.5 Å². The minimum atomic E-state index is -0.666. The molecule has 10 heteroatoms. The predicted octanol–water partition coefficient (Wildman–Crippen LogP) is 3.59. The van der Waals surface area contributed by atoms with Crippen molar-refractivity contribution in [3.05, 3.63) is 46.7 Å². The Labute approximate surface area is 193 Å². The number of nitrogens with one attached hydrogen (secondary N) is 1. The topological polar surface area (TPSA) is 88.1 Å². The molecule has 0 spiro atoms. The summed E-state index contributed by atoms with van der Waals surface area (Å²) in [6.45, 7) is 7.86. The molecule has 2 heterocycles. The van der Waals surface area contributed by atoms with Gasteiger partial charge in [0.15, 0.2) is 6.29 Å². The van der Waals surface area contributed by atoms with E-state index >= 15 is 0 Å². The molecule has 0 unspecified atom stereocenters. The lowest BCUT2D eigenvalue weighted by Crippen LogP contribution is -2.41. The average Bonchev–Trinajstić information content (AvgIpc) is 2.97. The summed E-state index contributed by atoms with van der Waals surface area (Å²) in [6.07, 6.45) is 0.814. The molecule has 1 aliphatic rings. The van der Waals surface area contributed by atoms with Crippen LogP contribution >= 0.6 is 11.6 Å². The van der Waals surface area contributed by atoms with Gasteiger partial charge in [-0.25, -0.2) is 0 Å². The number of benzene rings is 1. The summed E-state index contributed by atoms with van der Waals surface area (Å²) in [6, 6.07) is 6.81. The number of ether oxygens (including phenoxy) is 3. The highest BCUT2D eigenvalue weighted by Crippen LogP contribution is 2.37. The van der Waals surface area contributed by atoms with Gasteiger partial charge in [0.05, 0.1) is 34.6 Å². The van der Waals surface area contributed by atoms with Gasteiger partial charge in [-0.1, -0.05) is 23.7 Å². The number of carbonyl (C=O) groups excluding carboxylic acids is 1. The van der Waals surface area contributed by atoms with Crippen LogP contribution in [0, 0.1) is 0 Å². The van der Waals surface area contributed by atoms with Crippen LogP contribution in [0.25, 0.3) is 0 Å². The summed E-state index contributed by atoms with van der Waals surface area (Å²) in [4.78, 5) is 17.1. The van der Waals surface area contributed by atoms with Crippen molar-refractivity contribution in [2.45, 2.75) is 45.2 Å². The van der Waals surface area contributed by atoms with E-state index in [4.69, 9.17) is 35.1 Å². The first-order chi connectivity index (χ1) is 15.0. The van der Waals surface area contributed by atoms with Crippen LogP contribution in [-0.2, 0) is 18.8 Å². The highest BCUT2D eigenvalue weighted by Gasteiger charge is 2.52. The van der Waals surface area contributed by atoms with Crippen LogP contribution < -0.4 is 15.5 Å². The van der Waals surface area contributed by atoms with Gasteiger partial charge in [-0.3, -0.25) is 9.78 Å². The van der Waals surface area contributed by atoms with Crippen molar-refractivity contribution in [3.63, 3.8) is 0 Å². The fourth-order valence-electron chi connectivity index (χ4n) is 3.26. The van der Waals surface area contributed by atoms with Gasteiger partial charge in [-0.15, -0.1) is 0 Å². The van der Waals surface area contributed by atoms with E-state index in [2.05, 4.69) is 10.3 Å². The van der Waals surface area contributed by atoms with Crippen molar-refractivity contribution in [1.29, 1.82) is 0 Å². The lowest BCUT2D eigenvalue weighted by molar-refractivity contribution is -0.107. The minimum Gasteiger partial charge on any atom is -0.496 e. The van der Waals surface area contributed by atoms with Gasteiger partial charge in [-0.2, -0.15) is 0 Å². The molecule has 1 aromatic carbocycles. The Morgan fingerprint density at radius 1 is 1.12 bits per heavy atom. The van der Waals surface area contributed by atoms with Gasteiger partial charge < -0.3 is 28.8 Å². The zero-order valence-electron chi connectivity index (χ0n) is 19.3. The zero-order valence-corrected chi connectivity index (χ0v) is 20.1. The van der Waals surface area contributed by atoms with E-state index in [-0.39, 0.29) is 5.69 Å². The zero-order chi connectivity index (χ0) is 23.7. The molecule has 2 aromatic rings. The Balaban J connectivity index is 1.84. The Bertz CT molecular complexity index is 980. The summed E-state index contributed by atoms with van der Waals surface area (Å²) in [5.74, 6) is -0.0369. The third-order valence-corrected chi connectivity index (χ3v) is 6.24. The Hall–Kier alpha value is -2.17. The molecule has 0 radical (unpaired) electrons. The highest BCUT2D eigenvalue weighted by molar-refractivity contribution is 6.66. The van der Waals surface area contributed by atoms with Gasteiger partial charge in [0.1, 0.15) is 11.4 Å². The van der Waals surface area contributed by atoms with E-state index in [0.717, 1.165) is 0 Å². The molecule has 1 aliphatic heterocycles.